The Morgan fingerprint density at radius 1 is 1.38 bits per heavy atom. The number of rotatable bonds is 4. The van der Waals surface area contributed by atoms with Crippen molar-refractivity contribution in [2.24, 2.45) is 0 Å². The number of aryl methyl sites for hydroxylation is 2. The molecule has 1 fully saturated rings. The number of ether oxygens (including phenoxy) is 1. The summed E-state index contributed by atoms with van der Waals surface area (Å²) in [6.45, 7) is 10.2. The molecular weight excluding hydrogens is 328 g/mol. The summed E-state index contributed by atoms with van der Waals surface area (Å²) in [6.07, 6.45) is 0.456. The van der Waals surface area contributed by atoms with Gasteiger partial charge in [0.15, 0.2) is 5.13 Å². The maximum atomic E-state index is 12.3. The van der Waals surface area contributed by atoms with Crippen LogP contribution in [0, 0.1) is 13.8 Å². The molecule has 1 amide bonds. The molecule has 1 N–H and O–H groups in total. The molecule has 2 aromatic rings. The monoisotopic (exact) mass is 350 g/mol. The highest BCUT2D eigenvalue weighted by Crippen LogP contribution is 2.21. The molecule has 8 heteroatoms. The molecule has 0 spiro atoms. The minimum absolute atomic E-state index is 0.228. The smallest absolute Gasteiger partial charge is 0.262 e. The molecular formula is C16H22N4O3S. The highest BCUT2D eigenvalue weighted by atomic mass is 32.1. The van der Waals surface area contributed by atoms with E-state index >= 15 is 0 Å². The van der Waals surface area contributed by atoms with E-state index in [2.05, 4.69) is 34.2 Å². The summed E-state index contributed by atoms with van der Waals surface area (Å²) in [5, 5.41) is 9.20. The minimum Gasteiger partial charge on any atom is -0.373 e. The number of hydrogen-bond donors (Lipinski definition) is 1. The van der Waals surface area contributed by atoms with Gasteiger partial charge in [-0.05, 0) is 27.7 Å². The van der Waals surface area contributed by atoms with Crippen molar-refractivity contribution in [2.45, 2.75) is 46.4 Å². The van der Waals surface area contributed by atoms with Gasteiger partial charge in [-0.15, -0.1) is 11.3 Å². The van der Waals surface area contributed by atoms with E-state index in [1.165, 1.54) is 11.3 Å². The number of aromatic nitrogens is 2. The maximum absolute atomic E-state index is 12.3. The van der Waals surface area contributed by atoms with Gasteiger partial charge in [-0.2, -0.15) is 0 Å². The van der Waals surface area contributed by atoms with E-state index in [0.29, 0.717) is 22.1 Å². The van der Waals surface area contributed by atoms with Crippen LogP contribution in [-0.4, -0.2) is 46.2 Å². The molecule has 0 bridgehead atoms. The molecule has 1 aliphatic heterocycles. The standard InChI is InChI=1S/C16H22N4O3S/c1-9-5-20(6-10(2)22-9)7-13-8-24-16(17-13)18-15(21)14-11(3)19-23-12(14)4/h8-10H,5-7H2,1-4H3,(H,17,18,21). The Balaban J connectivity index is 1.62. The Hall–Kier alpha value is -1.77. The second kappa shape index (κ2) is 7.00. The lowest BCUT2D eigenvalue weighted by atomic mass is 10.2. The number of carbonyl (C=O) groups excluding carboxylic acids is 1. The second-order valence-electron chi connectivity index (χ2n) is 6.25. The number of carbonyl (C=O) groups is 1. The number of hydrogen-bond acceptors (Lipinski definition) is 7. The average Bonchev–Trinajstić information content (AvgIpc) is 3.04. The summed E-state index contributed by atoms with van der Waals surface area (Å²) in [5.74, 6) is 0.277. The van der Waals surface area contributed by atoms with Crippen LogP contribution in [0.25, 0.3) is 0 Å². The van der Waals surface area contributed by atoms with Gasteiger partial charge < -0.3 is 9.26 Å². The first-order chi connectivity index (χ1) is 11.4. The van der Waals surface area contributed by atoms with Crippen molar-refractivity contribution < 1.29 is 14.1 Å². The summed E-state index contributed by atoms with van der Waals surface area (Å²) in [6, 6.07) is 0. The Labute approximate surface area is 145 Å². The molecule has 0 aromatic carbocycles. The fourth-order valence-electron chi connectivity index (χ4n) is 3.05. The molecule has 0 aliphatic carbocycles. The minimum atomic E-state index is -0.235. The molecule has 2 atom stereocenters. The summed E-state index contributed by atoms with van der Waals surface area (Å²) in [4.78, 5) is 19.2. The molecule has 2 unspecified atom stereocenters. The Kier molecular flexibility index (Phi) is 4.98. The summed E-state index contributed by atoms with van der Waals surface area (Å²) >= 11 is 1.43. The van der Waals surface area contributed by atoms with E-state index in [1.807, 2.05) is 5.38 Å². The lowest BCUT2D eigenvalue weighted by Gasteiger charge is -2.34. The normalized spacial score (nSPS) is 21.8. The predicted molar refractivity (Wildman–Crippen MR) is 91.3 cm³/mol. The number of thiazole rings is 1. The fourth-order valence-corrected chi connectivity index (χ4v) is 3.74. The first-order valence-corrected chi connectivity index (χ1v) is 8.86. The van der Waals surface area contributed by atoms with E-state index in [-0.39, 0.29) is 18.1 Å². The van der Waals surface area contributed by atoms with Gasteiger partial charge in [0, 0.05) is 25.0 Å². The van der Waals surface area contributed by atoms with Crippen molar-refractivity contribution >= 4 is 22.4 Å². The topological polar surface area (TPSA) is 80.5 Å². The third kappa shape index (κ3) is 3.82. The lowest BCUT2D eigenvalue weighted by molar-refractivity contribution is -0.0707. The molecule has 2 aromatic heterocycles. The van der Waals surface area contributed by atoms with Crippen LogP contribution in [0.2, 0.25) is 0 Å². The molecule has 3 heterocycles. The van der Waals surface area contributed by atoms with Crippen molar-refractivity contribution in [1.29, 1.82) is 0 Å². The third-order valence-electron chi connectivity index (χ3n) is 3.91. The van der Waals surface area contributed by atoms with Crippen LogP contribution in [0.3, 0.4) is 0 Å². The van der Waals surface area contributed by atoms with Crippen LogP contribution in [0.1, 0.15) is 41.4 Å². The zero-order valence-electron chi connectivity index (χ0n) is 14.3. The molecule has 1 saturated heterocycles. The van der Waals surface area contributed by atoms with Crippen LogP contribution in [0.4, 0.5) is 5.13 Å². The van der Waals surface area contributed by atoms with Crippen LogP contribution in [-0.2, 0) is 11.3 Å². The van der Waals surface area contributed by atoms with Gasteiger partial charge in [0.25, 0.3) is 5.91 Å². The van der Waals surface area contributed by atoms with Gasteiger partial charge in [-0.3, -0.25) is 15.0 Å². The summed E-state index contributed by atoms with van der Waals surface area (Å²) in [7, 11) is 0. The molecule has 24 heavy (non-hydrogen) atoms. The largest absolute Gasteiger partial charge is 0.373 e. The molecule has 130 valence electrons. The van der Waals surface area contributed by atoms with Gasteiger partial charge in [0.05, 0.1) is 23.6 Å². The Bertz CT molecular complexity index is 697. The van der Waals surface area contributed by atoms with Gasteiger partial charge in [0.1, 0.15) is 11.3 Å². The van der Waals surface area contributed by atoms with Crippen LogP contribution < -0.4 is 5.32 Å². The van der Waals surface area contributed by atoms with Gasteiger partial charge in [-0.1, -0.05) is 5.16 Å². The van der Waals surface area contributed by atoms with Crippen LogP contribution in [0.15, 0.2) is 9.90 Å². The zero-order chi connectivity index (χ0) is 17.3. The van der Waals surface area contributed by atoms with Crippen LogP contribution >= 0.6 is 11.3 Å². The van der Waals surface area contributed by atoms with Crippen molar-refractivity contribution in [3.05, 3.63) is 28.1 Å². The van der Waals surface area contributed by atoms with Gasteiger partial charge >= 0.3 is 0 Å². The predicted octanol–water partition coefficient (Wildman–Crippen LogP) is 2.61. The van der Waals surface area contributed by atoms with Crippen molar-refractivity contribution in [1.82, 2.24) is 15.0 Å². The van der Waals surface area contributed by atoms with Crippen LogP contribution in [0.5, 0.6) is 0 Å². The summed E-state index contributed by atoms with van der Waals surface area (Å²) < 4.78 is 10.8. The number of amides is 1. The van der Waals surface area contributed by atoms with E-state index in [4.69, 9.17) is 9.26 Å². The van der Waals surface area contributed by atoms with Crippen molar-refractivity contribution in [3.8, 4) is 0 Å². The van der Waals surface area contributed by atoms with Crippen molar-refractivity contribution in [2.75, 3.05) is 18.4 Å². The van der Waals surface area contributed by atoms with Gasteiger partial charge in [-0.25, -0.2) is 4.98 Å². The van der Waals surface area contributed by atoms with E-state index < -0.39 is 0 Å². The zero-order valence-corrected chi connectivity index (χ0v) is 15.1. The Morgan fingerprint density at radius 2 is 2.08 bits per heavy atom. The number of morpholine rings is 1. The third-order valence-corrected chi connectivity index (χ3v) is 4.72. The number of nitrogens with zero attached hydrogens (tertiary/aromatic N) is 3. The quantitative estimate of drug-likeness (QED) is 0.913. The van der Waals surface area contributed by atoms with E-state index in [0.717, 1.165) is 25.3 Å². The molecule has 0 saturated carbocycles. The maximum Gasteiger partial charge on any atom is 0.262 e. The molecule has 0 radical (unpaired) electrons. The Morgan fingerprint density at radius 3 is 2.71 bits per heavy atom. The molecule has 3 rings (SSSR count). The van der Waals surface area contributed by atoms with Gasteiger partial charge in [0.2, 0.25) is 0 Å². The number of anilines is 1. The molecule has 1 aliphatic rings. The first kappa shape index (κ1) is 17.1. The van der Waals surface area contributed by atoms with E-state index in [1.54, 1.807) is 13.8 Å². The highest BCUT2D eigenvalue weighted by molar-refractivity contribution is 7.14. The number of nitrogens with one attached hydrogen (secondary N) is 1. The average molecular weight is 350 g/mol. The lowest BCUT2D eigenvalue weighted by Crippen LogP contribution is -2.44. The first-order valence-electron chi connectivity index (χ1n) is 7.98. The highest BCUT2D eigenvalue weighted by Gasteiger charge is 2.23. The summed E-state index contributed by atoms with van der Waals surface area (Å²) in [5.41, 5.74) is 2.01. The SMILES string of the molecule is Cc1noc(C)c1C(=O)Nc1nc(CN2CC(C)OC(C)C2)cs1. The second-order valence-corrected chi connectivity index (χ2v) is 7.11. The van der Waals surface area contributed by atoms with Crippen molar-refractivity contribution in [3.63, 3.8) is 0 Å². The fraction of sp³-hybridized carbons (Fsp3) is 0.562. The van der Waals surface area contributed by atoms with E-state index in [9.17, 15) is 4.79 Å². The molecule has 7 nitrogen and oxygen atoms in total.